The number of nitrogens with zero attached hydrogens (tertiary/aromatic N) is 2. The van der Waals surface area contributed by atoms with Crippen LogP contribution < -0.4 is 11.5 Å². The van der Waals surface area contributed by atoms with E-state index in [9.17, 15) is 0 Å². The number of nitrogens with two attached hydrogens (primary N) is 2. The Kier molecular flexibility index (Phi) is 3.35. The van der Waals surface area contributed by atoms with Crippen LogP contribution in [0.3, 0.4) is 0 Å². The van der Waals surface area contributed by atoms with E-state index in [1.54, 1.807) is 6.07 Å². The third-order valence-electron chi connectivity index (χ3n) is 2.51. The number of hydrogen-bond donors (Lipinski definition) is 2. The van der Waals surface area contributed by atoms with Crippen LogP contribution in [-0.2, 0) is 6.42 Å². The summed E-state index contributed by atoms with van der Waals surface area (Å²) in [5.74, 6) is 1.15. The first kappa shape index (κ1) is 11.5. The van der Waals surface area contributed by atoms with Crippen molar-refractivity contribution in [2.45, 2.75) is 13.3 Å². The lowest BCUT2D eigenvalue weighted by molar-refractivity contribution is 0.915. The average Bonchev–Trinajstić information content (AvgIpc) is 2.29. The average molecular weight is 228 g/mol. The predicted molar refractivity (Wildman–Crippen MR) is 69.4 cm³/mol. The molecular weight excluding hydrogens is 212 g/mol. The van der Waals surface area contributed by atoms with Gasteiger partial charge in [0.2, 0.25) is 0 Å². The summed E-state index contributed by atoms with van der Waals surface area (Å²) < 4.78 is 0. The largest absolute Gasteiger partial charge is 0.384 e. The summed E-state index contributed by atoms with van der Waals surface area (Å²) in [6, 6.07) is 9.83. The first-order valence-electron chi connectivity index (χ1n) is 5.59. The lowest BCUT2D eigenvalue weighted by atomic mass is 10.1. The molecule has 17 heavy (non-hydrogen) atoms. The van der Waals surface area contributed by atoms with Crippen LogP contribution >= 0.6 is 0 Å². The lowest BCUT2D eigenvalue weighted by Crippen LogP contribution is -2.07. The molecule has 4 heteroatoms. The van der Waals surface area contributed by atoms with Crippen molar-refractivity contribution in [1.29, 1.82) is 0 Å². The van der Waals surface area contributed by atoms with Gasteiger partial charge in [0, 0.05) is 23.7 Å². The molecule has 1 aromatic heterocycles. The second-order valence-electron chi connectivity index (χ2n) is 4.01. The second kappa shape index (κ2) is 4.93. The molecule has 4 N–H and O–H groups in total. The Morgan fingerprint density at radius 3 is 2.47 bits per heavy atom. The molecule has 0 saturated carbocycles. The van der Waals surface area contributed by atoms with Gasteiger partial charge in [0.1, 0.15) is 5.82 Å². The molecule has 0 unspecified atom stereocenters. The zero-order chi connectivity index (χ0) is 12.3. The Hall–Kier alpha value is -1.94. The summed E-state index contributed by atoms with van der Waals surface area (Å²) in [4.78, 5) is 8.69. The zero-order valence-electron chi connectivity index (χ0n) is 9.85. The number of hydrogen-bond acceptors (Lipinski definition) is 4. The van der Waals surface area contributed by atoms with Crippen molar-refractivity contribution < 1.29 is 0 Å². The number of nitrogen functional groups attached to an aromatic ring is 1. The quantitative estimate of drug-likeness (QED) is 0.835. The fraction of sp³-hybridized carbons (Fsp3) is 0.231. The number of aryl methyl sites for hydroxylation is 1. The summed E-state index contributed by atoms with van der Waals surface area (Å²) in [5.41, 5.74) is 14.3. The molecule has 1 aromatic carbocycles. The van der Waals surface area contributed by atoms with Crippen LogP contribution in [0.5, 0.6) is 0 Å². The highest BCUT2D eigenvalue weighted by Crippen LogP contribution is 2.17. The third-order valence-corrected chi connectivity index (χ3v) is 2.51. The first-order chi connectivity index (χ1) is 8.19. The van der Waals surface area contributed by atoms with Crippen molar-refractivity contribution in [2.24, 2.45) is 5.73 Å². The van der Waals surface area contributed by atoms with Crippen LogP contribution in [0.25, 0.3) is 11.4 Å². The van der Waals surface area contributed by atoms with Crippen molar-refractivity contribution in [3.8, 4) is 11.4 Å². The van der Waals surface area contributed by atoms with Crippen LogP contribution in [-0.4, -0.2) is 16.5 Å². The highest BCUT2D eigenvalue weighted by atomic mass is 14.9. The maximum absolute atomic E-state index is 5.77. The van der Waals surface area contributed by atoms with Gasteiger partial charge in [0.15, 0.2) is 5.82 Å². The molecule has 0 aliphatic carbocycles. The van der Waals surface area contributed by atoms with Gasteiger partial charge < -0.3 is 11.5 Å². The number of rotatable bonds is 3. The highest BCUT2D eigenvalue weighted by Gasteiger charge is 2.04. The highest BCUT2D eigenvalue weighted by molar-refractivity contribution is 5.57. The van der Waals surface area contributed by atoms with E-state index in [0.29, 0.717) is 24.6 Å². The van der Waals surface area contributed by atoms with Crippen molar-refractivity contribution in [1.82, 2.24) is 9.97 Å². The molecule has 0 atom stereocenters. The van der Waals surface area contributed by atoms with E-state index in [4.69, 9.17) is 11.5 Å². The number of aromatic nitrogens is 2. The van der Waals surface area contributed by atoms with Crippen LogP contribution in [0, 0.1) is 6.92 Å². The van der Waals surface area contributed by atoms with Crippen LogP contribution in [0.1, 0.15) is 11.3 Å². The van der Waals surface area contributed by atoms with Crippen LogP contribution in [0.2, 0.25) is 0 Å². The maximum atomic E-state index is 5.77. The van der Waals surface area contributed by atoms with Crippen LogP contribution in [0.4, 0.5) is 5.82 Å². The summed E-state index contributed by atoms with van der Waals surface area (Å²) in [6.07, 6.45) is 0.714. The predicted octanol–water partition coefficient (Wildman–Crippen LogP) is 1.54. The second-order valence-corrected chi connectivity index (χ2v) is 4.01. The van der Waals surface area contributed by atoms with Crippen LogP contribution in [0.15, 0.2) is 30.3 Å². The van der Waals surface area contributed by atoms with Crippen molar-refractivity contribution >= 4 is 5.82 Å². The van der Waals surface area contributed by atoms with Gasteiger partial charge in [0.25, 0.3) is 0 Å². The van der Waals surface area contributed by atoms with E-state index in [-0.39, 0.29) is 0 Å². The fourth-order valence-corrected chi connectivity index (χ4v) is 1.63. The lowest BCUT2D eigenvalue weighted by Gasteiger charge is -2.05. The van der Waals surface area contributed by atoms with Gasteiger partial charge in [-0.05, 0) is 13.5 Å². The topological polar surface area (TPSA) is 77.8 Å². The SMILES string of the molecule is Cc1ccc(-c2nc(N)cc(CCN)n2)cc1. The summed E-state index contributed by atoms with van der Waals surface area (Å²) in [7, 11) is 0. The molecule has 2 aromatic rings. The molecule has 4 nitrogen and oxygen atoms in total. The normalized spacial score (nSPS) is 10.5. The first-order valence-corrected chi connectivity index (χ1v) is 5.59. The molecular formula is C13H16N4. The molecule has 1 heterocycles. The van der Waals surface area contributed by atoms with E-state index in [0.717, 1.165) is 11.3 Å². The van der Waals surface area contributed by atoms with Gasteiger partial charge in [-0.15, -0.1) is 0 Å². The van der Waals surface area contributed by atoms with E-state index in [1.165, 1.54) is 5.56 Å². The summed E-state index contributed by atoms with van der Waals surface area (Å²) in [6.45, 7) is 2.60. The van der Waals surface area contributed by atoms with Gasteiger partial charge in [-0.2, -0.15) is 0 Å². The van der Waals surface area contributed by atoms with Gasteiger partial charge in [0.05, 0.1) is 0 Å². The Morgan fingerprint density at radius 1 is 1.12 bits per heavy atom. The molecule has 0 radical (unpaired) electrons. The monoisotopic (exact) mass is 228 g/mol. The van der Waals surface area contributed by atoms with E-state index in [2.05, 4.69) is 9.97 Å². The molecule has 0 spiro atoms. The standard InChI is InChI=1S/C13H16N4/c1-9-2-4-10(5-3-9)13-16-11(6-7-14)8-12(15)17-13/h2-5,8H,6-7,14H2,1H3,(H2,15,16,17). The molecule has 0 fully saturated rings. The smallest absolute Gasteiger partial charge is 0.161 e. The molecule has 0 bridgehead atoms. The maximum Gasteiger partial charge on any atom is 0.161 e. The van der Waals surface area contributed by atoms with Crippen molar-refractivity contribution in [3.63, 3.8) is 0 Å². The Balaban J connectivity index is 2.40. The Bertz CT molecular complexity index is 505. The Morgan fingerprint density at radius 2 is 1.82 bits per heavy atom. The molecule has 2 rings (SSSR count). The molecule has 0 saturated heterocycles. The van der Waals surface area contributed by atoms with Gasteiger partial charge >= 0.3 is 0 Å². The fourth-order valence-electron chi connectivity index (χ4n) is 1.63. The molecule has 88 valence electrons. The zero-order valence-corrected chi connectivity index (χ0v) is 9.85. The minimum Gasteiger partial charge on any atom is -0.384 e. The summed E-state index contributed by atoms with van der Waals surface area (Å²) >= 11 is 0. The minimum atomic E-state index is 0.485. The molecule has 0 aliphatic rings. The van der Waals surface area contributed by atoms with Crippen molar-refractivity contribution in [2.75, 3.05) is 12.3 Å². The van der Waals surface area contributed by atoms with Gasteiger partial charge in [-0.1, -0.05) is 29.8 Å². The van der Waals surface area contributed by atoms with Gasteiger partial charge in [-0.25, -0.2) is 9.97 Å². The Labute approximate surface area is 101 Å². The van der Waals surface area contributed by atoms with E-state index in [1.807, 2.05) is 31.2 Å². The number of benzene rings is 1. The number of anilines is 1. The summed E-state index contributed by atoms with van der Waals surface area (Å²) in [5, 5.41) is 0. The minimum absolute atomic E-state index is 0.485. The van der Waals surface area contributed by atoms with E-state index >= 15 is 0 Å². The van der Waals surface area contributed by atoms with Crippen molar-refractivity contribution in [3.05, 3.63) is 41.6 Å². The molecule has 0 aliphatic heterocycles. The molecule has 0 amide bonds. The van der Waals surface area contributed by atoms with E-state index < -0.39 is 0 Å². The third kappa shape index (κ3) is 2.79. The van der Waals surface area contributed by atoms with Gasteiger partial charge in [-0.3, -0.25) is 0 Å².